The number of pyridine rings is 1. The van der Waals surface area contributed by atoms with Gasteiger partial charge in [-0.05, 0) is 54.6 Å². The molecule has 0 radical (unpaired) electrons. The lowest BCUT2D eigenvalue weighted by Gasteiger charge is -2.10. The van der Waals surface area contributed by atoms with E-state index in [1.807, 2.05) is 41.0 Å². The molecule has 1 N–H and O–H groups in total. The number of rotatable bonds is 7. The third-order valence-electron chi connectivity index (χ3n) is 4.34. The van der Waals surface area contributed by atoms with Gasteiger partial charge in [-0.2, -0.15) is 5.10 Å². The topological polar surface area (TPSA) is 85.1 Å². The van der Waals surface area contributed by atoms with Crippen LogP contribution in [0.3, 0.4) is 0 Å². The number of hydrazone groups is 1. The molecule has 2 aromatic carbocycles. The Morgan fingerprint density at radius 2 is 1.79 bits per heavy atom. The van der Waals surface area contributed by atoms with Crippen molar-refractivity contribution in [1.29, 1.82) is 0 Å². The first kappa shape index (κ1) is 23.3. The molecule has 4 aromatic rings. The number of nitrogens with zero attached hydrogens (tertiary/aromatic N) is 5. The third-order valence-corrected chi connectivity index (χ3v) is 6.29. The quantitative estimate of drug-likeness (QED) is 0.181. The van der Waals surface area contributed by atoms with Crippen molar-refractivity contribution in [3.63, 3.8) is 0 Å². The second-order valence-corrected chi connectivity index (χ2v) is 9.38. The van der Waals surface area contributed by atoms with Crippen LogP contribution >= 0.6 is 43.6 Å². The van der Waals surface area contributed by atoms with E-state index in [1.54, 1.807) is 24.5 Å². The normalized spacial score (nSPS) is 11.1. The molecule has 0 spiro atoms. The van der Waals surface area contributed by atoms with Gasteiger partial charge < -0.3 is 0 Å². The summed E-state index contributed by atoms with van der Waals surface area (Å²) in [6, 6.07) is 15.9. The zero-order valence-corrected chi connectivity index (χ0v) is 20.8. The summed E-state index contributed by atoms with van der Waals surface area (Å²) in [7, 11) is 0. The largest absolute Gasteiger partial charge is 0.272 e. The maximum Gasteiger partial charge on any atom is 0.250 e. The number of hydrogen-bond donors (Lipinski definition) is 1. The summed E-state index contributed by atoms with van der Waals surface area (Å²) in [6.45, 7) is 0. The summed E-state index contributed by atoms with van der Waals surface area (Å²) in [5.41, 5.74) is 4.36. The Balaban J connectivity index is 1.50. The van der Waals surface area contributed by atoms with Crippen molar-refractivity contribution in [3.05, 3.63) is 87.3 Å². The average molecular weight is 590 g/mol. The Morgan fingerprint density at radius 3 is 2.55 bits per heavy atom. The van der Waals surface area contributed by atoms with Crippen LogP contribution in [0.5, 0.6) is 0 Å². The Kier molecular flexibility index (Phi) is 7.63. The highest BCUT2D eigenvalue weighted by Gasteiger charge is 2.17. The smallest absolute Gasteiger partial charge is 0.250 e. The predicted octanol–water partition coefficient (Wildman–Crippen LogP) is 5.24. The van der Waals surface area contributed by atoms with E-state index in [0.717, 1.165) is 15.7 Å². The van der Waals surface area contributed by atoms with Gasteiger partial charge in [-0.1, -0.05) is 43.6 Å². The van der Waals surface area contributed by atoms with Crippen LogP contribution in [0.1, 0.15) is 5.56 Å². The number of thioether (sulfide) groups is 1. The molecule has 1 amide bonds. The Morgan fingerprint density at radius 1 is 1.06 bits per heavy atom. The molecule has 166 valence electrons. The minimum absolute atomic E-state index is 0.0450. The molecule has 2 heterocycles. The molecule has 0 unspecified atom stereocenters. The molecular weight excluding hydrogens is 575 g/mol. The van der Waals surface area contributed by atoms with Gasteiger partial charge in [-0.15, -0.1) is 10.2 Å². The third kappa shape index (κ3) is 5.92. The molecule has 0 saturated carbocycles. The monoisotopic (exact) mass is 588 g/mol. The van der Waals surface area contributed by atoms with Crippen LogP contribution < -0.4 is 5.43 Å². The van der Waals surface area contributed by atoms with Crippen molar-refractivity contribution >= 4 is 55.7 Å². The van der Waals surface area contributed by atoms with E-state index in [9.17, 15) is 9.18 Å². The van der Waals surface area contributed by atoms with Gasteiger partial charge in [-0.3, -0.25) is 14.3 Å². The van der Waals surface area contributed by atoms with Crippen molar-refractivity contribution < 1.29 is 9.18 Å². The van der Waals surface area contributed by atoms with E-state index in [1.165, 1.54) is 24.0 Å². The zero-order valence-electron chi connectivity index (χ0n) is 16.8. The fourth-order valence-electron chi connectivity index (χ4n) is 2.82. The van der Waals surface area contributed by atoms with Crippen LogP contribution in [-0.2, 0) is 4.79 Å². The SMILES string of the molecule is O=C(CSc1nnc(-c2ccncc2)n1-c1ccc(Br)cc1)N/N=C\c1cc(Br)ccc1F. The predicted molar refractivity (Wildman–Crippen MR) is 133 cm³/mol. The molecule has 0 aliphatic carbocycles. The van der Waals surface area contributed by atoms with Crippen molar-refractivity contribution in [2.45, 2.75) is 5.16 Å². The molecule has 4 rings (SSSR count). The number of halogens is 3. The first-order valence-corrected chi connectivity index (χ1v) is 12.1. The molecule has 0 aliphatic heterocycles. The Labute approximate surface area is 209 Å². The maximum atomic E-state index is 13.8. The molecule has 0 bridgehead atoms. The van der Waals surface area contributed by atoms with Gasteiger partial charge in [0.2, 0.25) is 0 Å². The van der Waals surface area contributed by atoms with E-state index >= 15 is 0 Å². The van der Waals surface area contributed by atoms with Crippen molar-refractivity contribution in [2.75, 3.05) is 5.75 Å². The van der Waals surface area contributed by atoms with E-state index in [2.05, 4.69) is 57.6 Å². The lowest BCUT2D eigenvalue weighted by Crippen LogP contribution is -2.20. The van der Waals surface area contributed by atoms with Gasteiger partial charge >= 0.3 is 0 Å². The molecule has 7 nitrogen and oxygen atoms in total. The summed E-state index contributed by atoms with van der Waals surface area (Å²) in [6.07, 6.45) is 4.62. The fourth-order valence-corrected chi connectivity index (χ4v) is 4.21. The number of aromatic nitrogens is 4. The number of nitrogens with one attached hydrogen (secondary N) is 1. The highest BCUT2D eigenvalue weighted by molar-refractivity contribution is 9.10. The van der Waals surface area contributed by atoms with Gasteiger partial charge in [0.15, 0.2) is 11.0 Å². The molecular formula is C22H15Br2FN6OS. The van der Waals surface area contributed by atoms with Crippen LogP contribution in [0.2, 0.25) is 0 Å². The lowest BCUT2D eigenvalue weighted by atomic mass is 10.2. The van der Waals surface area contributed by atoms with Gasteiger partial charge in [-0.25, -0.2) is 9.82 Å². The lowest BCUT2D eigenvalue weighted by molar-refractivity contribution is -0.118. The van der Waals surface area contributed by atoms with Gasteiger partial charge in [0, 0.05) is 38.2 Å². The van der Waals surface area contributed by atoms with Crippen LogP contribution in [0.4, 0.5) is 4.39 Å². The van der Waals surface area contributed by atoms with Crippen molar-refractivity contribution in [1.82, 2.24) is 25.2 Å². The van der Waals surface area contributed by atoms with Crippen molar-refractivity contribution in [2.24, 2.45) is 5.10 Å². The van der Waals surface area contributed by atoms with Crippen LogP contribution in [-0.4, -0.2) is 37.6 Å². The highest BCUT2D eigenvalue weighted by atomic mass is 79.9. The summed E-state index contributed by atoms with van der Waals surface area (Å²) < 4.78 is 17.3. The van der Waals surface area contributed by atoms with Gasteiger partial charge in [0.1, 0.15) is 5.82 Å². The number of benzene rings is 2. The molecule has 0 saturated heterocycles. The zero-order chi connectivity index (χ0) is 23.2. The second-order valence-electron chi connectivity index (χ2n) is 6.60. The summed E-state index contributed by atoms with van der Waals surface area (Å²) in [5.74, 6) is -0.117. The number of carbonyl (C=O) groups excluding carboxylic acids is 1. The second kappa shape index (κ2) is 10.8. The molecule has 11 heteroatoms. The van der Waals surface area contributed by atoms with E-state index < -0.39 is 5.82 Å². The number of hydrogen-bond acceptors (Lipinski definition) is 6. The number of amides is 1. The maximum absolute atomic E-state index is 13.8. The first-order chi connectivity index (χ1) is 16.0. The van der Waals surface area contributed by atoms with Crippen molar-refractivity contribution in [3.8, 4) is 17.1 Å². The van der Waals surface area contributed by atoms with Crippen LogP contribution in [0.25, 0.3) is 17.1 Å². The summed E-state index contributed by atoms with van der Waals surface area (Å²) in [5, 5.41) is 13.0. The Hall–Kier alpha value is -2.89. The van der Waals surface area contributed by atoms with E-state index in [-0.39, 0.29) is 17.2 Å². The standard InChI is InChI=1S/C22H15Br2FN6OS/c23-16-1-4-18(5-2-16)31-21(14-7-9-26-10-8-14)29-30-22(31)33-13-20(32)28-27-12-15-11-17(24)3-6-19(15)25/h1-12H,13H2,(H,28,32)/b27-12-. The number of carbonyl (C=O) groups is 1. The molecule has 0 atom stereocenters. The summed E-state index contributed by atoms with van der Waals surface area (Å²) >= 11 is 7.94. The van der Waals surface area contributed by atoms with Crippen LogP contribution in [0, 0.1) is 5.82 Å². The van der Waals surface area contributed by atoms with Gasteiger partial charge in [0.25, 0.3) is 5.91 Å². The van der Waals surface area contributed by atoms with E-state index in [4.69, 9.17) is 0 Å². The average Bonchev–Trinajstić information content (AvgIpc) is 3.25. The Bertz CT molecular complexity index is 1300. The molecule has 0 aliphatic rings. The molecule has 33 heavy (non-hydrogen) atoms. The summed E-state index contributed by atoms with van der Waals surface area (Å²) in [4.78, 5) is 16.4. The minimum Gasteiger partial charge on any atom is -0.272 e. The van der Waals surface area contributed by atoms with Crippen LogP contribution in [0.15, 0.2) is 86.2 Å². The molecule has 2 aromatic heterocycles. The fraction of sp³-hybridized carbons (Fsp3) is 0.0455. The van der Waals surface area contributed by atoms with Gasteiger partial charge in [0.05, 0.1) is 12.0 Å². The first-order valence-electron chi connectivity index (χ1n) is 9.53. The van der Waals surface area contributed by atoms with E-state index in [0.29, 0.717) is 15.5 Å². The minimum atomic E-state index is -0.434. The molecule has 0 fully saturated rings. The highest BCUT2D eigenvalue weighted by Crippen LogP contribution is 2.28.